The van der Waals surface area contributed by atoms with Crippen LogP contribution in [0.4, 0.5) is 8.78 Å². The molecule has 3 heteroatoms. The minimum atomic E-state index is -1.04. The van der Waals surface area contributed by atoms with Crippen LogP contribution in [-0.4, -0.2) is 7.85 Å². The molecule has 0 bridgehead atoms. The molecular weight excluding hydrogens is 289 g/mol. The van der Waals surface area contributed by atoms with Gasteiger partial charge in [-0.25, -0.2) is 8.78 Å². The van der Waals surface area contributed by atoms with Crippen LogP contribution in [0.2, 0.25) is 0 Å². The SMILES string of the molecule is [B]c1ccc(C#Cc2ccc(C3CCCCC3)cc2)c(F)c1F. The highest BCUT2D eigenvalue weighted by molar-refractivity contribution is 6.32. The molecule has 0 N–H and O–H groups in total. The van der Waals surface area contributed by atoms with Gasteiger partial charge in [-0.05, 0) is 42.5 Å². The predicted molar refractivity (Wildman–Crippen MR) is 90.0 cm³/mol. The maximum Gasteiger partial charge on any atom is 0.173 e. The molecule has 0 unspecified atom stereocenters. The summed E-state index contributed by atoms with van der Waals surface area (Å²) in [6.45, 7) is 0. The number of hydrogen-bond acceptors (Lipinski definition) is 0. The summed E-state index contributed by atoms with van der Waals surface area (Å²) in [5.74, 6) is 4.18. The Morgan fingerprint density at radius 1 is 0.826 bits per heavy atom. The Labute approximate surface area is 137 Å². The fourth-order valence-corrected chi connectivity index (χ4v) is 3.07. The second-order valence-electron chi connectivity index (χ2n) is 6.04. The van der Waals surface area contributed by atoms with Crippen molar-refractivity contribution in [3.8, 4) is 11.8 Å². The molecule has 0 amide bonds. The maximum absolute atomic E-state index is 13.7. The highest BCUT2D eigenvalue weighted by Gasteiger charge is 2.14. The largest absolute Gasteiger partial charge is 0.204 e. The van der Waals surface area contributed by atoms with E-state index in [-0.39, 0.29) is 11.0 Å². The van der Waals surface area contributed by atoms with E-state index >= 15 is 0 Å². The van der Waals surface area contributed by atoms with Gasteiger partial charge in [0.2, 0.25) is 0 Å². The zero-order chi connectivity index (χ0) is 16.2. The summed E-state index contributed by atoms with van der Waals surface area (Å²) >= 11 is 0. The van der Waals surface area contributed by atoms with Crippen molar-refractivity contribution < 1.29 is 8.78 Å². The fraction of sp³-hybridized carbons (Fsp3) is 0.300. The van der Waals surface area contributed by atoms with Crippen LogP contribution in [0.1, 0.15) is 54.7 Å². The summed E-state index contributed by atoms with van der Waals surface area (Å²) < 4.78 is 27.1. The summed E-state index contributed by atoms with van der Waals surface area (Å²) in [7, 11) is 5.32. The molecule has 0 saturated heterocycles. The van der Waals surface area contributed by atoms with Crippen LogP contribution in [0.15, 0.2) is 36.4 Å². The van der Waals surface area contributed by atoms with Gasteiger partial charge in [0.1, 0.15) is 7.85 Å². The normalized spacial score (nSPS) is 15.0. The van der Waals surface area contributed by atoms with Gasteiger partial charge in [0.25, 0.3) is 0 Å². The fourth-order valence-electron chi connectivity index (χ4n) is 3.07. The van der Waals surface area contributed by atoms with Crippen molar-refractivity contribution in [3.05, 3.63) is 64.7 Å². The van der Waals surface area contributed by atoms with Gasteiger partial charge in [-0.1, -0.05) is 54.8 Å². The van der Waals surface area contributed by atoms with Crippen LogP contribution in [0.5, 0.6) is 0 Å². The molecule has 114 valence electrons. The zero-order valence-electron chi connectivity index (χ0n) is 12.9. The summed E-state index contributed by atoms with van der Waals surface area (Å²) in [4.78, 5) is 0. The van der Waals surface area contributed by atoms with Gasteiger partial charge in [0, 0.05) is 5.56 Å². The van der Waals surface area contributed by atoms with Crippen molar-refractivity contribution in [1.82, 2.24) is 0 Å². The molecule has 0 spiro atoms. The molecule has 0 aliphatic heterocycles. The van der Waals surface area contributed by atoms with E-state index in [1.807, 2.05) is 12.1 Å². The van der Waals surface area contributed by atoms with E-state index in [0.717, 1.165) is 5.56 Å². The van der Waals surface area contributed by atoms with Gasteiger partial charge in [0.15, 0.2) is 11.6 Å². The van der Waals surface area contributed by atoms with Crippen LogP contribution >= 0.6 is 0 Å². The number of rotatable bonds is 1. The standard InChI is InChI=1S/C20H17BF2/c21-18-13-12-17(19(22)20(18)23)11-8-14-6-9-16(10-7-14)15-4-2-1-3-5-15/h6-7,9-10,12-13,15H,1-5H2. The van der Waals surface area contributed by atoms with Gasteiger partial charge in [-0.2, -0.15) is 0 Å². The lowest BCUT2D eigenvalue weighted by Gasteiger charge is -2.21. The van der Waals surface area contributed by atoms with E-state index < -0.39 is 11.6 Å². The van der Waals surface area contributed by atoms with Crippen molar-refractivity contribution in [2.75, 3.05) is 0 Å². The molecule has 23 heavy (non-hydrogen) atoms. The predicted octanol–water partition coefficient (Wildman–Crippen LogP) is 4.21. The molecule has 2 radical (unpaired) electrons. The maximum atomic E-state index is 13.7. The van der Waals surface area contributed by atoms with E-state index in [2.05, 4.69) is 24.0 Å². The van der Waals surface area contributed by atoms with Crippen molar-refractivity contribution >= 4 is 13.3 Å². The highest BCUT2D eigenvalue weighted by atomic mass is 19.2. The first-order chi connectivity index (χ1) is 11.1. The highest BCUT2D eigenvalue weighted by Crippen LogP contribution is 2.32. The molecule has 0 aromatic heterocycles. The molecule has 2 aromatic carbocycles. The number of hydrogen-bond donors (Lipinski definition) is 0. The van der Waals surface area contributed by atoms with Crippen molar-refractivity contribution in [2.45, 2.75) is 38.0 Å². The third-order valence-electron chi connectivity index (χ3n) is 4.44. The Hall–Kier alpha value is -2.08. The van der Waals surface area contributed by atoms with E-state index in [9.17, 15) is 8.78 Å². The first-order valence-corrected chi connectivity index (χ1v) is 8.00. The molecule has 1 fully saturated rings. The van der Waals surface area contributed by atoms with Gasteiger partial charge in [-0.3, -0.25) is 0 Å². The lowest BCUT2D eigenvalue weighted by molar-refractivity contribution is 0.443. The van der Waals surface area contributed by atoms with E-state index in [4.69, 9.17) is 7.85 Å². The smallest absolute Gasteiger partial charge is 0.173 e. The Balaban J connectivity index is 1.78. The molecular formula is C20H17BF2. The summed E-state index contributed by atoms with van der Waals surface area (Å²) in [5.41, 5.74) is 1.96. The second-order valence-corrected chi connectivity index (χ2v) is 6.04. The summed E-state index contributed by atoms with van der Waals surface area (Å²) in [5, 5.41) is 0. The third-order valence-corrected chi connectivity index (χ3v) is 4.44. The van der Waals surface area contributed by atoms with Crippen LogP contribution in [0.3, 0.4) is 0 Å². The Morgan fingerprint density at radius 3 is 2.22 bits per heavy atom. The second kappa shape index (κ2) is 7.00. The summed E-state index contributed by atoms with van der Waals surface area (Å²) in [6, 6.07) is 10.8. The van der Waals surface area contributed by atoms with Crippen molar-refractivity contribution in [1.29, 1.82) is 0 Å². The Kier molecular flexibility index (Phi) is 4.81. The Bertz CT molecular complexity index is 748. The number of halogens is 2. The molecule has 1 aliphatic carbocycles. The molecule has 0 atom stereocenters. The monoisotopic (exact) mass is 306 g/mol. The first-order valence-electron chi connectivity index (χ1n) is 8.00. The van der Waals surface area contributed by atoms with Crippen molar-refractivity contribution in [2.24, 2.45) is 0 Å². The molecule has 1 aliphatic rings. The Morgan fingerprint density at radius 2 is 1.52 bits per heavy atom. The summed E-state index contributed by atoms with van der Waals surface area (Å²) in [6.07, 6.45) is 6.44. The molecule has 3 rings (SSSR count). The average molecular weight is 306 g/mol. The van der Waals surface area contributed by atoms with Crippen LogP contribution in [0, 0.1) is 23.5 Å². The lowest BCUT2D eigenvalue weighted by atomic mass is 9.84. The number of benzene rings is 2. The van der Waals surface area contributed by atoms with E-state index in [0.29, 0.717) is 5.92 Å². The lowest BCUT2D eigenvalue weighted by Crippen LogP contribution is -2.11. The average Bonchev–Trinajstić information content (AvgIpc) is 2.60. The molecule has 0 heterocycles. The minimum absolute atomic E-state index is 0.0213. The van der Waals surface area contributed by atoms with Crippen LogP contribution in [0.25, 0.3) is 0 Å². The van der Waals surface area contributed by atoms with Gasteiger partial charge in [-0.15, -0.1) is 0 Å². The first kappa shape index (κ1) is 15.8. The topological polar surface area (TPSA) is 0 Å². The molecule has 2 aromatic rings. The minimum Gasteiger partial charge on any atom is -0.204 e. The van der Waals surface area contributed by atoms with E-state index in [1.54, 1.807) is 0 Å². The zero-order valence-corrected chi connectivity index (χ0v) is 12.9. The van der Waals surface area contributed by atoms with Gasteiger partial charge >= 0.3 is 0 Å². The van der Waals surface area contributed by atoms with Gasteiger partial charge < -0.3 is 0 Å². The molecule has 0 nitrogen and oxygen atoms in total. The molecule has 1 saturated carbocycles. The van der Waals surface area contributed by atoms with Crippen molar-refractivity contribution in [3.63, 3.8) is 0 Å². The van der Waals surface area contributed by atoms with Crippen LogP contribution in [-0.2, 0) is 0 Å². The van der Waals surface area contributed by atoms with Crippen LogP contribution < -0.4 is 5.46 Å². The van der Waals surface area contributed by atoms with E-state index in [1.165, 1.54) is 49.8 Å². The third kappa shape index (κ3) is 3.64. The quantitative estimate of drug-likeness (QED) is 0.547. The van der Waals surface area contributed by atoms with Gasteiger partial charge in [0.05, 0.1) is 5.56 Å².